The van der Waals surface area contributed by atoms with Crippen molar-refractivity contribution in [2.24, 2.45) is 0 Å². The molecule has 0 saturated carbocycles. The van der Waals surface area contributed by atoms with Gasteiger partial charge >= 0.3 is 0 Å². The largest absolute Gasteiger partial charge is 0.426 e. The predicted molar refractivity (Wildman–Crippen MR) is 108 cm³/mol. The van der Waals surface area contributed by atoms with E-state index >= 15 is 0 Å². The van der Waals surface area contributed by atoms with Gasteiger partial charge in [-0.25, -0.2) is 4.98 Å². The van der Waals surface area contributed by atoms with E-state index in [0.717, 1.165) is 10.3 Å². The lowest BCUT2D eigenvalue weighted by molar-refractivity contribution is -0.384. The fourth-order valence-electron chi connectivity index (χ4n) is 3.08. The maximum absolute atomic E-state index is 12.4. The molecule has 3 aromatic carbocycles. The van der Waals surface area contributed by atoms with E-state index in [-0.39, 0.29) is 22.9 Å². The zero-order valence-electron chi connectivity index (χ0n) is 15.4. The Morgan fingerprint density at radius 1 is 1.10 bits per heavy atom. The highest BCUT2D eigenvalue weighted by Crippen LogP contribution is 2.27. The lowest BCUT2D eigenvalue weighted by Crippen LogP contribution is -2.13. The highest BCUT2D eigenvalue weighted by Gasteiger charge is 2.16. The zero-order valence-corrected chi connectivity index (χ0v) is 15.4. The first-order valence-electron chi connectivity index (χ1n) is 8.77. The molecule has 0 aliphatic rings. The number of aryl methyl sites for hydroxylation is 1. The van der Waals surface area contributed by atoms with Gasteiger partial charge in [0.15, 0.2) is 5.82 Å². The van der Waals surface area contributed by atoms with Gasteiger partial charge in [0.05, 0.1) is 10.4 Å². The van der Waals surface area contributed by atoms with E-state index < -0.39 is 4.92 Å². The highest BCUT2D eigenvalue weighted by molar-refractivity contribution is 6.05. The summed E-state index contributed by atoms with van der Waals surface area (Å²) in [5.74, 6) is 0.0369. The van der Waals surface area contributed by atoms with Crippen molar-refractivity contribution in [1.82, 2.24) is 9.71 Å². The zero-order chi connectivity index (χ0) is 20.5. The molecule has 1 heterocycles. The lowest BCUT2D eigenvalue weighted by Gasteiger charge is -2.08. The SMILES string of the molecule is Cc1ccccc1C(=O)Nc1ccc(-c2nc3ccc([N+](=O)[O-])cc3n2O)cc1. The number of carbonyl (C=O) groups is 1. The number of benzene rings is 3. The van der Waals surface area contributed by atoms with E-state index in [1.165, 1.54) is 18.2 Å². The van der Waals surface area contributed by atoms with Gasteiger partial charge in [-0.15, -0.1) is 0 Å². The predicted octanol–water partition coefficient (Wildman–Crippen LogP) is 4.41. The van der Waals surface area contributed by atoms with Crippen LogP contribution in [0.4, 0.5) is 11.4 Å². The van der Waals surface area contributed by atoms with Gasteiger partial charge in [0, 0.05) is 28.9 Å². The quantitative estimate of drug-likeness (QED) is 0.306. The molecule has 0 fully saturated rings. The number of nitrogens with zero attached hydrogens (tertiary/aromatic N) is 3. The summed E-state index contributed by atoms with van der Waals surface area (Å²) in [4.78, 5) is 27.2. The molecule has 8 nitrogen and oxygen atoms in total. The number of fused-ring (bicyclic) bond motifs is 1. The third-order valence-electron chi connectivity index (χ3n) is 4.62. The van der Waals surface area contributed by atoms with Gasteiger partial charge in [0.25, 0.3) is 11.6 Å². The summed E-state index contributed by atoms with van der Waals surface area (Å²) < 4.78 is 0.823. The minimum absolute atomic E-state index is 0.131. The summed E-state index contributed by atoms with van der Waals surface area (Å²) in [5, 5.41) is 24.2. The fourth-order valence-corrected chi connectivity index (χ4v) is 3.08. The van der Waals surface area contributed by atoms with Crippen molar-refractivity contribution in [1.29, 1.82) is 0 Å². The molecule has 29 heavy (non-hydrogen) atoms. The monoisotopic (exact) mass is 388 g/mol. The number of anilines is 1. The van der Waals surface area contributed by atoms with Crippen LogP contribution in [0.5, 0.6) is 0 Å². The van der Waals surface area contributed by atoms with Crippen molar-refractivity contribution in [2.75, 3.05) is 5.32 Å². The summed E-state index contributed by atoms with van der Waals surface area (Å²) in [6.45, 7) is 1.87. The number of aromatic nitrogens is 2. The molecule has 0 saturated heterocycles. The van der Waals surface area contributed by atoms with Crippen LogP contribution in [-0.2, 0) is 0 Å². The van der Waals surface area contributed by atoms with Gasteiger partial charge in [0.2, 0.25) is 0 Å². The molecule has 8 heteroatoms. The van der Waals surface area contributed by atoms with Crippen LogP contribution in [0.15, 0.2) is 66.7 Å². The summed E-state index contributed by atoms with van der Waals surface area (Å²) in [6.07, 6.45) is 0. The van der Waals surface area contributed by atoms with E-state index in [4.69, 9.17) is 0 Å². The van der Waals surface area contributed by atoms with Gasteiger partial charge in [-0.1, -0.05) is 18.2 Å². The first-order chi connectivity index (χ1) is 13.9. The molecular weight excluding hydrogens is 372 g/mol. The van der Waals surface area contributed by atoms with Gasteiger partial charge < -0.3 is 10.5 Å². The number of carbonyl (C=O) groups excluding carboxylic acids is 1. The number of imidazole rings is 1. The number of nitro benzene ring substituents is 1. The second-order valence-corrected chi connectivity index (χ2v) is 6.52. The van der Waals surface area contributed by atoms with Crippen LogP contribution >= 0.6 is 0 Å². The lowest BCUT2D eigenvalue weighted by atomic mass is 10.1. The third kappa shape index (κ3) is 3.39. The summed E-state index contributed by atoms with van der Waals surface area (Å²) >= 11 is 0. The van der Waals surface area contributed by atoms with Crippen LogP contribution < -0.4 is 5.32 Å². The molecule has 1 aromatic heterocycles. The smallest absolute Gasteiger partial charge is 0.271 e. The van der Waals surface area contributed by atoms with Crippen LogP contribution in [0.1, 0.15) is 15.9 Å². The van der Waals surface area contributed by atoms with Crippen molar-refractivity contribution < 1.29 is 14.9 Å². The van der Waals surface area contributed by atoms with Crippen LogP contribution in [-0.4, -0.2) is 25.8 Å². The summed E-state index contributed by atoms with van der Waals surface area (Å²) in [5.41, 5.74) is 3.21. The molecule has 4 aromatic rings. The van der Waals surface area contributed by atoms with E-state index in [0.29, 0.717) is 22.3 Å². The molecule has 0 radical (unpaired) electrons. The molecule has 1 amide bonds. The van der Waals surface area contributed by atoms with Crippen LogP contribution in [0.3, 0.4) is 0 Å². The minimum atomic E-state index is -0.530. The topological polar surface area (TPSA) is 110 Å². The van der Waals surface area contributed by atoms with E-state index in [9.17, 15) is 20.1 Å². The second kappa shape index (κ2) is 7.08. The van der Waals surface area contributed by atoms with Gasteiger partial charge in [-0.05, 0) is 48.9 Å². The molecule has 144 valence electrons. The molecule has 0 unspecified atom stereocenters. The molecule has 2 N–H and O–H groups in total. The van der Waals surface area contributed by atoms with E-state index in [2.05, 4.69) is 10.3 Å². The number of amides is 1. The number of hydrogen-bond donors (Lipinski definition) is 2. The third-order valence-corrected chi connectivity index (χ3v) is 4.62. The molecule has 0 spiro atoms. The van der Waals surface area contributed by atoms with Crippen LogP contribution in [0.25, 0.3) is 22.4 Å². The summed E-state index contributed by atoms with van der Waals surface area (Å²) in [6, 6.07) is 18.2. The van der Waals surface area contributed by atoms with Crippen LogP contribution in [0, 0.1) is 17.0 Å². The first kappa shape index (κ1) is 18.2. The Bertz CT molecular complexity index is 1250. The van der Waals surface area contributed by atoms with Crippen LogP contribution in [0.2, 0.25) is 0 Å². The van der Waals surface area contributed by atoms with Crippen molar-refractivity contribution in [2.45, 2.75) is 6.92 Å². The average molecular weight is 388 g/mol. The van der Waals surface area contributed by atoms with Gasteiger partial charge in [-0.3, -0.25) is 14.9 Å². The number of nitrogens with one attached hydrogen (secondary N) is 1. The number of non-ortho nitro benzene ring substituents is 1. The Kier molecular flexibility index (Phi) is 4.44. The number of hydrogen-bond acceptors (Lipinski definition) is 5. The number of nitro groups is 1. The second-order valence-electron chi connectivity index (χ2n) is 6.52. The first-order valence-corrected chi connectivity index (χ1v) is 8.77. The number of rotatable bonds is 4. The van der Waals surface area contributed by atoms with Crippen molar-refractivity contribution in [3.05, 3.63) is 88.0 Å². The molecule has 0 bridgehead atoms. The molecule has 0 aliphatic heterocycles. The van der Waals surface area contributed by atoms with Crippen molar-refractivity contribution >= 4 is 28.3 Å². The Morgan fingerprint density at radius 2 is 1.83 bits per heavy atom. The molecule has 0 aliphatic carbocycles. The molecular formula is C21H16N4O4. The Morgan fingerprint density at radius 3 is 2.52 bits per heavy atom. The van der Waals surface area contributed by atoms with Crippen molar-refractivity contribution in [3.63, 3.8) is 0 Å². The molecule has 0 atom stereocenters. The average Bonchev–Trinajstić information content (AvgIpc) is 3.05. The van der Waals surface area contributed by atoms with Crippen molar-refractivity contribution in [3.8, 4) is 11.4 Å². The Labute approximate surface area is 165 Å². The maximum atomic E-state index is 12.4. The van der Waals surface area contributed by atoms with Gasteiger partial charge in [-0.2, -0.15) is 4.73 Å². The highest BCUT2D eigenvalue weighted by atomic mass is 16.6. The maximum Gasteiger partial charge on any atom is 0.271 e. The molecule has 4 rings (SSSR count). The normalized spacial score (nSPS) is 10.8. The minimum Gasteiger partial charge on any atom is -0.426 e. The van der Waals surface area contributed by atoms with E-state index in [1.54, 1.807) is 36.4 Å². The van der Waals surface area contributed by atoms with Gasteiger partial charge in [0.1, 0.15) is 5.52 Å². The standard InChI is InChI=1S/C21H16N4O4/c1-13-4-2-3-5-17(13)21(26)22-15-8-6-14(7-9-15)20-23-18-11-10-16(25(28)29)12-19(18)24(20)27/h2-12,27H,1H3,(H,22,26). The Balaban J connectivity index is 1.61. The summed E-state index contributed by atoms with van der Waals surface area (Å²) in [7, 11) is 0. The fraction of sp³-hybridized carbons (Fsp3) is 0.0476. The van der Waals surface area contributed by atoms with E-state index in [1.807, 2.05) is 19.1 Å². The Hall–Kier alpha value is -4.20.